The lowest BCUT2D eigenvalue weighted by atomic mass is 9.81. The molecule has 0 radical (unpaired) electrons. The van der Waals surface area contributed by atoms with Crippen molar-refractivity contribution in [3.05, 3.63) is 78.0 Å². The van der Waals surface area contributed by atoms with E-state index in [-0.39, 0.29) is 5.91 Å². The highest BCUT2D eigenvalue weighted by molar-refractivity contribution is 5.94. The predicted octanol–water partition coefficient (Wildman–Crippen LogP) is 5.03. The lowest BCUT2D eigenvalue weighted by Gasteiger charge is -2.34. The first kappa shape index (κ1) is 16.8. The molecule has 1 aliphatic carbocycles. The largest absolute Gasteiger partial charge is 0.337 e. The average molecular weight is 344 g/mol. The Morgan fingerprint density at radius 3 is 2.35 bits per heavy atom. The van der Waals surface area contributed by atoms with Gasteiger partial charge in [-0.3, -0.25) is 4.79 Å². The van der Waals surface area contributed by atoms with Gasteiger partial charge in [-0.25, -0.2) is 4.98 Å². The molecular formula is C23H24N2O. The number of carbonyl (C=O) groups excluding carboxylic acids is 1. The molecule has 0 N–H and O–H groups in total. The molecule has 2 aromatic carbocycles. The molecule has 0 spiro atoms. The molecule has 3 heteroatoms. The maximum atomic E-state index is 12.9. The third-order valence-corrected chi connectivity index (χ3v) is 5.65. The molecule has 3 nitrogen and oxygen atoms in total. The van der Waals surface area contributed by atoms with E-state index in [0.29, 0.717) is 17.7 Å². The van der Waals surface area contributed by atoms with Gasteiger partial charge in [0.1, 0.15) is 5.69 Å². The lowest BCUT2D eigenvalue weighted by Crippen LogP contribution is -2.39. The van der Waals surface area contributed by atoms with Crippen molar-refractivity contribution in [3.63, 3.8) is 0 Å². The molecule has 3 aromatic rings. The summed E-state index contributed by atoms with van der Waals surface area (Å²) in [5, 5.41) is 1.06. The van der Waals surface area contributed by atoms with E-state index in [1.54, 1.807) is 0 Å². The highest BCUT2D eigenvalue weighted by Gasteiger charge is 2.28. The number of rotatable bonds is 3. The number of aromatic nitrogens is 1. The number of para-hydroxylation sites is 1. The van der Waals surface area contributed by atoms with E-state index in [1.807, 2.05) is 48.3 Å². The molecular weight excluding hydrogens is 320 g/mol. The third-order valence-electron chi connectivity index (χ3n) is 5.65. The monoisotopic (exact) mass is 344 g/mol. The minimum absolute atomic E-state index is 0.0268. The van der Waals surface area contributed by atoms with E-state index in [9.17, 15) is 4.79 Å². The second-order valence-corrected chi connectivity index (χ2v) is 7.22. The molecule has 1 aliphatic rings. The van der Waals surface area contributed by atoms with Crippen LogP contribution in [0, 0.1) is 0 Å². The highest BCUT2D eigenvalue weighted by Crippen LogP contribution is 2.34. The number of benzene rings is 2. The summed E-state index contributed by atoms with van der Waals surface area (Å²) >= 11 is 0. The number of fused-ring (bicyclic) bond motifs is 1. The molecule has 1 saturated carbocycles. The molecule has 1 amide bonds. The zero-order valence-corrected chi connectivity index (χ0v) is 15.1. The number of carbonyl (C=O) groups is 1. The van der Waals surface area contributed by atoms with Crippen molar-refractivity contribution in [1.82, 2.24) is 9.88 Å². The Hall–Kier alpha value is -2.68. The van der Waals surface area contributed by atoms with Gasteiger partial charge in [-0.05, 0) is 49.3 Å². The van der Waals surface area contributed by atoms with Crippen LogP contribution in [-0.4, -0.2) is 28.9 Å². The summed E-state index contributed by atoms with van der Waals surface area (Å²) in [5.41, 5.74) is 2.84. The van der Waals surface area contributed by atoms with Crippen molar-refractivity contribution >= 4 is 16.8 Å². The van der Waals surface area contributed by atoms with E-state index < -0.39 is 0 Å². The van der Waals surface area contributed by atoms with Crippen molar-refractivity contribution in [2.24, 2.45) is 0 Å². The van der Waals surface area contributed by atoms with Gasteiger partial charge in [0.2, 0.25) is 0 Å². The van der Waals surface area contributed by atoms with Gasteiger partial charge in [0, 0.05) is 18.5 Å². The molecule has 0 saturated heterocycles. The highest BCUT2D eigenvalue weighted by atomic mass is 16.2. The van der Waals surface area contributed by atoms with E-state index >= 15 is 0 Å². The summed E-state index contributed by atoms with van der Waals surface area (Å²) in [6, 6.07) is 22.8. The SMILES string of the molecule is CN(C(=O)c1ccc2ccccc2n1)C1CCC(c2ccccc2)CC1. The normalized spacial score (nSPS) is 20.0. The topological polar surface area (TPSA) is 33.2 Å². The van der Waals surface area contributed by atoms with Crippen LogP contribution in [0.15, 0.2) is 66.7 Å². The first-order valence-electron chi connectivity index (χ1n) is 9.40. The van der Waals surface area contributed by atoms with Crippen LogP contribution in [0.1, 0.15) is 47.7 Å². The smallest absolute Gasteiger partial charge is 0.272 e. The van der Waals surface area contributed by atoms with E-state index in [0.717, 1.165) is 36.6 Å². The fourth-order valence-electron chi connectivity index (χ4n) is 4.05. The molecule has 1 aromatic heterocycles. The molecule has 1 fully saturated rings. The molecule has 0 bridgehead atoms. The van der Waals surface area contributed by atoms with E-state index in [1.165, 1.54) is 5.56 Å². The Balaban J connectivity index is 1.44. The molecule has 4 rings (SSSR count). The van der Waals surface area contributed by atoms with Crippen LogP contribution in [0.3, 0.4) is 0 Å². The lowest BCUT2D eigenvalue weighted by molar-refractivity contribution is 0.0684. The molecule has 0 aliphatic heterocycles. The first-order valence-corrected chi connectivity index (χ1v) is 9.40. The Labute approximate surface area is 154 Å². The Morgan fingerprint density at radius 2 is 1.58 bits per heavy atom. The Morgan fingerprint density at radius 1 is 0.885 bits per heavy atom. The number of pyridine rings is 1. The molecule has 132 valence electrons. The number of nitrogens with zero attached hydrogens (tertiary/aromatic N) is 2. The molecule has 0 unspecified atom stereocenters. The summed E-state index contributed by atoms with van der Waals surface area (Å²) in [4.78, 5) is 19.4. The van der Waals surface area contributed by atoms with Crippen molar-refractivity contribution in [2.75, 3.05) is 7.05 Å². The number of hydrogen-bond acceptors (Lipinski definition) is 2. The number of amides is 1. The Bertz CT molecular complexity index is 898. The van der Waals surface area contributed by atoms with Gasteiger partial charge in [-0.1, -0.05) is 54.6 Å². The summed E-state index contributed by atoms with van der Waals surface area (Å²) in [6.45, 7) is 0. The van der Waals surface area contributed by atoms with Gasteiger partial charge in [-0.2, -0.15) is 0 Å². The van der Waals surface area contributed by atoms with Gasteiger partial charge in [0.15, 0.2) is 0 Å². The average Bonchev–Trinajstić information content (AvgIpc) is 2.73. The summed E-state index contributed by atoms with van der Waals surface area (Å²) in [7, 11) is 1.92. The standard InChI is InChI=1S/C23H24N2O/c1-25(20-14-11-18(12-15-20)17-7-3-2-4-8-17)23(26)22-16-13-19-9-5-6-10-21(19)24-22/h2-10,13,16,18,20H,11-12,14-15H2,1H3. The fraction of sp³-hybridized carbons (Fsp3) is 0.304. The van der Waals surface area contributed by atoms with Crippen LogP contribution in [0.25, 0.3) is 10.9 Å². The Kier molecular flexibility index (Phi) is 4.70. The summed E-state index contributed by atoms with van der Waals surface area (Å²) < 4.78 is 0. The minimum Gasteiger partial charge on any atom is -0.337 e. The van der Waals surface area contributed by atoms with Crippen LogP contribution in [0.2, 0.25) is 0 Å². The van der Waals surface area contributed by atoms with Crippen LogP contribution < -0.4 is 0 Å². The van der Waals surface area contributed by atoms with Gasteiger partial charge >= 0.3 is 0 Å². The van der Waals surface area contributed by atoms with Crippen molar-refractivity contribution in [3.8, 4) is 0 Å². The zero-order valence-electron chi connectivity index (χ0n) is 15.1. The van der Waals surface area contributed by atoms with E-state index in [4.69, 9.17) is 0 Å². The van der Waals surface area contributed by atoms with Crippen LogP contribution in [0.4, 0.5) is 0 Å². The maximum Gasteiger partial charge on any atom is 0.272 e. The summed E-state index contributed by atoms with van der Waals surface area (Å²) in [5.74, 6) is 0.647. The number of hydrogen-bond donors (Lipinski definition) is 0. The van der Waals surface area contributed by atoms with Gasteiger partial charge < -0.3 is 4.90 Å². The van der Waals surface area contributed by atoms with Gasteiger partial charge in [0.25, 0.3) is 5.91 Å². The quantitative estimate of drug-likeness (QED) is 0.667. The van der Waals surface area contributed by atoms with Gasteiger partial charge in [-0.15, -0.1) is 0 Å². The maximum absolute atomic E-state index is 12.9. The van der Waals surface area contributed by atoms with Crippen LogP contribution >= 0.6 is 0 Å². The minimum atomic E-state index is 0.0268. The van der Waals surface area contributed by atoms with Crippen molar-refractivity contribution in [1.29, 1.82) is 0 Å². The van der Waals surface area contributed by atoms with Crippen LogP contribution in [0.5, 0.6) is 0 Å². The second kappa shape index (κ2) is 7.28. The van der Waals surface area contributed by atoms with Crippen molar-refractivity contribution in [2.45, 2.75) is 37.6 Å². The van der Waals surface area contributed by atoms with E-state index in [2.05, 4.69) is 35.3 Å². The fourth-order valence-corrected chi connectivity index (χ4v) is 4.05. The van der Waals surface area contributed by atoms with Crippen LogP contribution in [-0.2, 0) is 0 Å². The third kappa shape index (κ3) is 3.34. The molecule has 26 heavy (non-hydrogen) atoms. The zero-order chi connectivity index (χ0) is 17.9. The predicted molar refractivity (Wildman–Crippen MR) is 105 cm³/mol. The first-order chi connectivity index (χ1) is 12.7. The van der Waals surface area contributed by atoms with Crippen molar-refractivity contribution < 1.29 is 4.79 Å². The van der Waals surface area contributed by atoms with Gasteiger partial charge in [0.05, 0.1) is 5.52 Å². The summed E-state index contributed by atoms with van der Waals surface area (Å²) in [6.07, 6.45) is 4.37. The molecule has 1 heterocycles. The molecule has 0 atom stereocenters. The second-order valence-electron chi connectivity index (χ2n) is 7.22.